The Labute approximate surface area is 67.4 Å². The molecule has 0 fully saturated rings. The van der Waals surface area contributed by atoms with Gasteiger partial charge in [0.2, 0.25) is 0 Å². The van der Waals surface area contributed by atoms with E-state index < -0.39 is 5.91 Å². The average Bonchev–Trinajstić information content (AvgIpc) is 2.05. The van der Waals surface area contributed by atoms with Gasteiger partial charge >= 0.3 is 0 Å². The first kappa shape index (κ1) is 8.21. The lowest BCUT2D eigenvalue weighted by atomic mass is 10.4. The van der Waals surface area contributed by atoms with Crippen molar-refractivity contribution in [3.63, 3.8) is 0 Å². The van der Waals surface area contributed by atoms with Crippen LogP contribution in [0.5, 0.6) is 0 Å². The normalized spacial score (nSPS) is 9.42. The van der Waals surface area contributed by atoms with Gasteiger partial charge in [0, 0.05) is 0 Å². The van der Waals surface area contributed by atoms with Gasteiger partial charge in [-0.15, -0.1) is 9.89 Å². The van der Waals surface area contributed by atoms with Crippen molar-refractivity contribution >= 4 is 5.91 Å². The van der Waals surface area contributed by atoms with Crippen molar-refractivity contribution in [2.45, 2.75) is 0 Å². The number of carbonyl (C=O) groups is 1. The summed E-state index contributed by atoms with van der Waals surface area (Å²) in [5, 5.41) is 10.8. The van der Waals surface area contributed by atoms with Crippen LogP contribution < -0.4 is 22.6 Å². The van der Waals surface area contributed by atoms with Crippen molar-refractivity contribution in [1.29, 1.82) is 5.41 Å². The molecule has 1 amide bonds. The highest BCUT2D eigenvalue weighted by atomic mass is 16.1. The van der Waals surface area contributed by atoms with Crippen LogP contribution in [0.1, 0.15) is 10.5 Å². The lowest BCUT2D eigenvalue weighted by molar-refractivity contribution is 0.0993. The minimum atomic E-state index is -0.668. The third-order valence-electron chi connectivity index (χ3n) is 1.21. The van der Waals surface area contributed by atoms with Gasteiger partial charge in [-0.25, -0.2) is 11.4 Å². The second-order valence-electron chi connectivity index (χ2n) is 2.01. The van der Waals surface area contributed by atoms with Gasteiger partial charge in [-0.2, -0.15) is 0 Å². The first-order chi connectivity index (χ1) is 5.65. The Morgan fingerprint density at radius 2 is 2.33 bits per heavy atom. The number of nitrogens with zero attached hydrogens (tertiary/aromatic N) is 2. The van der Waals surface area contributed by atoms with Crippen LogP contribution in [-0.2, 0) is 0 Å². The fraction of sp³-hybridized carbons (Fsp3) is 0. The highest BCUT2D eigenvalue weighted by Gasteiger charge is 2.02. The predicted molar refractivity (Wildman–Crippen MR) is 40.1 cm³/mol. The van der Waals surface area contributed by atoms with Crippen LogP contribution in [0.4, 0.5) is 0 Å². The molecule has 12 heavy (non-hydrogen) atoms. The van der Waals surface area contributed by atoms with E-state index in [9.17, 15) is 4.79 Å². The molecule has 0 aliphatic carbocycles. The van der Waals surface area contributed by atoms with E-state index in [4.69, 9.17) is 17.0 Å². The standard InChI is InChI=1S/C5H8N6O/c6-4-2-1-3(5(7)12)9-11(4)10-8/h1-2,6,10H,8H2,(H2,7,12). The third-order valence-corrected chi connectivity index (χ3v) is 1.21. The zero-order valence-electron chi connectivity index (χ0n) is 6.11. The largest absolute Gasteiger partial charge is 0.364 e. The summed E-state index contributed by atoms with van der Waals surface area (Å²) in [6, 6.07) is 2.70. The average molecular weight is 168 g/mol. The van der Waals surface area contributed by atoms with Gasteiger partial charge in [0.05, 0.1) is 0 Å². The highest BCUT2D eigenvalue weighted by Crippen LogP contribution is 1.85. The van der Waals surface area contributed by atoms with Crippen LogP contribution in [-0.4, -0.2) is 15.8 Å². The summed E-state index contributed by atoms with van der Waals surface area (Å²) in [6.45, 7) is 0. The minimum Gasteiger partial charge on any atom is -0.364 e. The molecule has 0 aliphatic heterocycles. The van der Waals surface area contributed by atoms with Gasteiger partial charge in [0.25, 0.3) is 5.91 Å². The monoisotopic (exact) mass is 168 g/mol. The maximum absolute atomic E-state index is 10.6. The van der Waals surface area contributed by atoms with E-state index in [0.717, 1.165) is 4.79 Å². The number of nitrogens with one attached hydrogen (secondary N) is 2. The van der Waals surface area contributed by atoms with E-state index in [1.165, 1.54) is 12.1 Å². The molecule has 0 saturated carbocycles. The Morgan fingerprint density at radius 1 is 1.67 bits per heavy atom. The molecule has 1 aromatic rings. The fourth-order valence-electron chi connectivity index (χ4n) is 0.653. The van der Waals surface area contributed by atoms with Gasteiger partial charge in [0.15, 0.2) is 11.2 Å². The van der Waals surface area contributed by atoms with E-state index in [1.54, 1.807) is 0 Å². The summed E-state index contributed by atoms with van der Waals surface area (Å²) in [5.41, 5.74) is 7.12. The van der Waals surface area contributed by atoms with Crippen molar-refractivity contribution in [2.24, 2.45) is 11.6 Å². The topological polar surface area (TPSA) is 123 Å². The number of hydrogen-bond donors (Lipinski definition) is 4. The Balaban J connectivity index is 3.23. The molecule has 0 radical (unpaired) electrons. The molecule has 7 nitrogen and oxygen atoms in total. The van der Waals surface area contributed by atoms with Crippen LogP contribution >= 0.6 is 0 Å². The van der Waals surface area contributed by atoms with Gasteiger partial charge < -0.3 is 5.73 Å². The van der Waals surface area contributed by atoms with Crippen LogP contribution in [0.2, 0.25) is 0 Å². The summed E-state index contributed by atoms with van der Waals surface area (Å²) < 4.78 is 0. The Morgan fingerprint density at radius 3 is 2.83 bits per heavy atom. The molecule has 0 bridgehead atoms. The molecule has 6 N–H and O–H groups in total. The van der Waals surface area contributed by atoms with Crippen LogP contribution in [0.25, 0.3) is 0 Å². The molecule has 0 spiro atoms. The van der Waals surface area contributed by atoms with Crippen LogP contribution in [0.3, 0.4) is 0 Å². The van der Waals surface area contributed by atoms with Crippen molar-refractivity contribution in [2.75, 3.05) is 5.53 Å². The number of rotatable bonds is 2. The van der Waals surface area contributed by atoms with E-state index in [0.29, 0.717) is 0 Å². The Kier molecular flexibility index (Phi) is 2.06. The number of carbonyl (C=O) groups excluding carboxylic acids is 1. The molecule has 1 heterocycles. The molecule has 0 aromatic carbocycles. The Bertz CT molecular complexity index is 355. The van der Waals surface area contributed by atoms with E-state index >= 15 is 0 Å². The minimum absolute atomic E-state index is 0.0301. The second kappa shape index (κ2) is 3.01. The van der Waals surface area contributed by atoms with Gasteiger partial charge in [-0.05, 0) is 12.1 Å². The highest BCUT2D eigenvalue weighted by molar-refractivity contribution is 5.90. The number of aromatic nitrogens is 2. The molecular weight excluding hydrogens is 160 g/mol. The number of primary amides is 1. The van der Waals surface area contributed by atoms with Gasteiger partial charge in [-0.3, -0.25) is 10.2 Å². The molecule has 64 valence electrons. The van der Waals surface area contributed by atoms with E-state index in [1.807, 2.05) is 0 Å². The molecule has 7 heteroatoms. The van der Waals surface area contributed by atoms with E-state index in [-0.39, 0.29) is 11.2 Å². The summed E-state index contributed by atoms with van der Waals surface area (Å²) in [7, 11) is 0. The van der Waals surface area contributed by atoms with Crippen molar-refractivity contribution in [1.82, 2.24) is 9.89 Å². The molecular formula is C5H8N6O. The predicted octanol–water partition coefficient (Wildman–Crippen LogP) is -2.12. The third kappa shape index (κ3) is 1.40. The smallest absolute Gasteiger partial charge is 0.269 e. The van der Waals surface area contributed by atoms with Gasteiger partial charge in [-0.1, -0.05) is 0 Å². The molecule has 1 rings (SSSR count). The molecule has 0 unspecified atom stereocenters. The number of nitrogens with two attached hydrogens (primary N) is 2. The lowest BCUT2D eigenvalue weighted by Crippen LogP contribution is -2.36. The number of hydrazine groups is 1. The van der Waals surface area contributed by atoms with Crippen LogP contribution in [0.15, 0.2) is 12.1 Å². The van der Waals surface area contributed by atoms with Crippen molar-refractivity contribution in [3.8, 4) is 0 Å². The molecule has 0 saturated heterocycles. The zero-order chi connectivity index (χ0) is 9.14. The first-order valence-corrected chi connectivity index (χ1v) is 3.06. The lowest BCUT2D eigenvalue weighted by Gasteiger charge is -2.03. The van der Waals surface area contributed by atoms with Crippen molar-refractivity contribution in [3.05, 3.63) is 23.3 Å². The maximum Gasteiger partial charge on any atom is 0.269 e. The van der Waals surface area contributed by atoms with Gasteiger partial charge in [0.1, 0.15) is 0 Å². The maximum atomic E-state index is 10.6. The number of hydrogen-bond acceptors (Lipinski definition) is 5. The number of amides is 1. The van der Waals surface area contributed by atoms with E-state index in [2.05, 4.69) is 10.6 Å². The summed E-state index contributed by atoms with van der Waals surface area (Å²) in [4.78, 5) is 11.5. The molecule has 1 aromatic heterocycles. The van der Waals surface area contributed by atoms with Crippen LogP contribution in [0, 0.1) is 5.41 Å². The SMILES string of the molecule is N=c1ccc(C(N)=O)nn1NN. The zero-order valence-corrected chi connectivity index (χ0v) is 6.11. The molecule has 0 aliphatic rings. The summed E-state index contributed by atoms with van der Waals surface area (Å²) in [5.74, 6) is 4.33. The summed E-state index contributed by atoms with van der Waals surface area (Å²) >= 11 is 0. The fourth-order valence-corrected chi connectivity index (χ4v) is 0.653. The number of nitrogen functional groups attached to an aromatic ring is 1. The quantitative estimate of drug-likeness (QED) is 0.297. The Hall–Kier alpha value is -1.89. The summed E-state index contributed by atoms with van der Waals surface area (Å²) in [6.07, 6.45) is 0. The van der Waals surface area contributed by atoms with Crippen molar-refractivity contribution < 1.29 is 4.79 Å². The second-order valence-corrected chi connectivity index (χ2v) is 2.01. The molecule has 0 atom stereocenters. The first-order valence-electron chi connectivity index (χ1n) is 3.06.